The fourth-order valence-electron chi connectivity index (χ4n) is 1.60. The largest absolute Gasteiger partial charge is 0.488 e. The fraction of sp³-hybridized carbons (Fsp3) is 0.214. The number of para-hydroxylation sites is 1. The van der Waals surface area contributed by atoms with Crippen molar-refractivity contribution in [3.05, 3.63) is 59.9 Å². The van der Waals surface area contributed by atoms with E-state index in [1.807, 2.05) is 36.4 Å². The Morgan fingerprint density at radius 3 is 2.76 bits per heavy atom. The molecule has 2 rings (SSSR count). The average molecular weight is 229 g/mol. The highest BCUT2D eigenvalue weighted by molar-refractivity contribution is 5.34. The van der Waals surface area contributed by atoms with Crippen molar-refractivity contribution in [2.24, 2.45) is 0 Å². The number of nitrogens with zero attached hydrogens (tertiary/aromatic N) is 1. The summed E-state index contributed by atoms with van der Waals surface area (Å²) in [6.07, 6.45) is 2.97. The third kappa shape index (κ3) is 3.04. The van der Waals surface area contributed by atoms with Crippen LogP contribution < -0.4 is 4.74 Å². The van der Waals surface area contributed by atoms with Crippen molar-refractivity contribution in [3.63, 3.8) is 0 Å². The van der Waals surface area contributed by atoms with Gasteiger partial charge in [-0.3, -0.25) is 4.98 Å². The molecule has 0 aliphatic carbocycles. The summed E-state index contributed by atoms with van der Waals surface area (Å²) in [7, 11) is 0. The molecule has 0 spiro atoms. The van der Waals surface area contributed by atoms with Crippen LogP contribution in [-0.2, 0) is 6.61 Å². The summed E-state index contributed by atoms with van der Waals surface area (Å²) < 4.78 is 5.68. The molecule has 1 aromatic heterocycles. The van der Waals surface area contributed by atoms with Gasteiger partial charge in [0.15, 0.2) is 0 Å². The van der Waals surface area contributed by atoms with E-state index in [0.717, 1.165) is 11.1 Å². The van der Waals surface area contributed by atoms with E-state index in [2.05, 4.69) is 4.98 Å². The molecule has 0 saturated carbocycles. The summed E-state index contributed by atoms with van der Waals surface area (Å²) in [5.74, 6) is 0.714. The number of rotatable bonds is 4. The lowest BCUT2D eigenvalue weighted by Gasteiger charge is -2.12. The van der Waals surface area contributed by atoms with Gasteiger partial charge in [-0.2, -0.15) is 0 Å². The maximum atomic E-state index is 9.61. The van der Waals surface area contributed by atoms with Gasteiger partial charge in [-0.05, 0) is 19.1 Å². The molecule has 0 saturated heterocycles. The predicted molar refractivity (Wildman–Crippen MR) is 65.6 cm³/mol. The first-order valence-corrected chi connectivity index (χ1v) is 5.56. The summed E-state index contributed by atoms with van der Waals surface area (Å²) in [4.78, 5) is 4.03. The van der Waals surface area contributed by atoms with Crippen molar-refractivity contribution >= 4 is 0 Å². The molecule has 3 nitrogen and oxygen atoms in total. The van der Waals surface area contributed by atoms with Crippen molar-refractivity contribution in [3.8, 4) is 5.75 Å². The monoisotopic (exact) mass is 229 g/mol. The third-order valence-electron chi connectivity index (χ3n) is 2.49. The molecule has 3 heteroatoms. The van der Waals surface area contributed by atoms with Crippen molar-refractivity contribution in [2.75, 3.05) is 0 Å². The molecule has 0 fully saturated rings. The van der Waals surface area contributed by atoms with Gasteiger partial charge >= 0.3 is 0 Å². The van der Waals surface area contributed by atoms with Crippen LogP contribution in [0.3, 0.4) is 0 Å². The standard InChI is InChI=1S/C14H15NO2/c1-11(16)13-6-2-3-7-14(13)17-10-12-5-4-8-15-9-12/h2-9,11,16H,10H2,1H3/t11-/m0/s1. The minimum Gasteiger partial charge on any atom is -0.488 e. The van der Waals surface area contributed by atoms with Crippen LogP contribution in [0.5, 0.6) is 5.75 Å². The molecule has 88 valence electrons. The minimum atomic E-state index is -0.528. The van der Waals surface area contributed by atoms with E-state index in [1.165, 1.54) is 0 Å². The van der Waals surface area contributed by atoms with Crippen molar-refractivity contribution < 1.29 is 9.84 Å². The lowest BCUT2D eigenvalue weighted by molar-refractivity contribution is 0.190. The van der Waals surface area contributed by atoms with E-state index in [4.69, 9.17) is 4.74 Å². The number of aliphatic hydroxyl groups is 1. The lowest BCUT2D eigenvalue weighted by Crippen LogP contribution is -2.00. The highest BCUT2D eigenvalue weighted by atomic mass is 16.5. The van der Waals surface area contributed by atoms with Gasteiger partial charge in [-0.25, -0.2) is 0 Å². The van der Waals surface area contributed by atoms with Crippen LogP contribution in [-0.4, -0.2) is 10.1 Å². The number of aromatic nitrogens is 1. The van der Waals surface area contributed by atoms with Crippen LogP contribution in [0.4, 0.5) is 0 Å². The van der Waals surface area contributed by atoms with Crippen molar-refractivity contribution in [1.82, 2.24) is 4.98 Å². The summed E-state index contributed by atoms with van der Waals surface area (Å²) in [6.45, 7) is 2.18. The predicted octanol–water partition coefficient (Wildman–Crippen LogP) is 2.71. The van der Waals surface area contributed by atoms with E-state index in [1.54, 1.807) is 19.3 Å². The van der Waals surface area contributed by atoms with Gasteiger partial charge < -0.3 is 9.84 Å². The molecule has 1 N–H and O–H groups in total. The molecule has 1 atom stereocenters. The Kier molecular flexibility index (Phi) is 3.73. The number of pyridine rings is 1. The van der Waals surface area contributed by atoms with Gasteiger partial charge in [0, 0.05) is 23.5 Å². The number of benzene rings is 1. The van der Waals surface area contributed by atoms with Gasteiger partial charge in [0.1, 0.15) is 12.4 Å². The van der Waals surface area contributed by atoms with Crippen LogP contribution in [0.15, 0.2) is 48.8 Å². The first kappa shape index (κ1) is 11.6. The lowest BCUT2D eigenvalue weighted by atomic mass is 10.1. The van der Waals surface area contributed by atoms with Crippen molar-refractivity contribution in [2.45, 2.75) is 19.6 Å². The highest BCUT2D eigenvalue weighted by Crippen LogP contribution is 2.25. The topological polar surface area (TPSA) is 42.4 Å². The molecule has 2 aromatic rings. The summed E-state index contributed by atoms with van der Waals surface area (Å²) in [5, 5.41) is 9.61. The molecule has 0 amide bonds. The van der Waals surface area contributed by atoms with E-state index in [0.29, 0.717) is 12.4 Å². The number of hydrogen-bond acceptors (Lipinski definition) is 3. The molecule has 0 radical (unpaired) electrons. The van der Waals surface area contributed by atoms with Crippen LogP contribution in [0, 0.1) is 0 Å². The first-order chi connectivity index (χ1) is 8.27. The van der Waals surface area contributed by atoms with Crippen LogP contribution in [0.25, 0.3) is 0 Å². The average Bonchev–Trinajstić information content (AvgIpc) is 2.38. The molecule has 0 unspecified atom stereocenters. The second-order valence-corrected chi connectivity index (χ2v) is 3.86. The Morgan fingerprint density at radius 2 is 2.06 bits per heavy atom. The molecular formula is C14H15NO2. The van der Waals surface area contributed by atoms with Crippen LogP contribution in [0.2, 0.25) is 0 Å². The molecular weight excluding hydrogens is 214 g/mol. The van der Waals surface area contributed by atoms with E-state index in [9.17, 15) is 5.11 Å². The van der Waals surface area contributed by atoms with Crippen LogP contribution in [0.1, 0.15) is 24.2 Å². The number of hydrogen-bond donors (Lipinski definition) is 1. The second kappa shape index (κ2) is 5.46. The molecule has 1 aromatic carbocycles. The van der Waals surface area contributed by atoms with Gasteiger partial charge in [-0.1, -0.05) is 24.3 Å². The zero-order chi connectivity index (χ0) is 12.1. The Morgan fingerprint density at radius 1 is 1.24 bits per heavy atom. The van der Waals surface area contributed by atoms with E-state index >= 15 is 0 Å². The van der Waals surface area contributed by atoms with E-state index in [-0.39, 0.29) is 0 Å². The molecule has 0 aliphatic heterocycles. The Hall–Kier alpha value is -1.87. The molecule has 1 heterocycles. The highest BCUT2D eigenvalue weighted by Gasteiger charge is 2.07. The first-order valence-electron chi connectivity index (χ1n) is 5.56. The molecule has 0 bridgehead atoms. The maximum Gasteiger partial charge on any atom is 0.125 e. The summed E-state index contributed by atoms with van der Waals surface area (Å²) in [5.41, 5.74) is 1.81. The maximum absolute atomic E-state index is 9.61. The molecule has 0 aliphatic rings. The normalized spacial score (nSPS) is 12.1. The Labute approximate surface area is 101 Å². The van der Waals surface area contributed by atoms with Crippen molar-refractivity contribution in [1.29, 1.82) is 0 Å². The minimum absolute atomic E-state index is 0.456. The third-order valence-corrected chi connectivity index (χ3v) is 2.49. The number of aliphatic hydroxyl groups excluding tert-OH is 1. The van der Waals surface area contributed by atoms with E-state index < -0.39 is 6.10 Å². The quantitative estimate of drug-likeness (QED) is 0.876. The van der Waals surface area contributed by atoms with Gasteiger partial charge in [0.25, 0.3) is 0 Å². The zero-order valence-electron chi connectivity index (χ0n) is 9.71. The molecule has 17 heavy (non-hydrogen) atoms. The van der Waals surface area contributed by atoms with Gasteiger partial charge in [0.05, 0.1) is 6.10 Å². The Balaban J connectivity index is 2.09. The SMILES string of the molecule is C[C@H](O)c1ccccc1OCc1cccnc1. The fourth-order valence-corrected chi connectivity index (χ4v) is 1.60. The Bertz CT molecular complexity index is 469. The summed E-state index contributed by atoms with van der Waals surface area (Å²) in [6, 6.07) is 11.3. The summed E-state index contributed by atoms with van der Waals surface area (Å²) >= 11 is 0. The second-order valence-electron chi connectivity index (χ2n) is 3.86. The zero-order valence-corrected chi connectivity index (χ0v) is 9.71. The van der Waals surface area contributed by atoms with Gasteiger partial charge in [0.2, 0.25) is 0 Å². The van der Waals surface area contributed by atoms with Crippen LogP contribution >= 0.6 is 0 Å². The number of ether oxygens (including phenoxy) is 1. The smallest absolute Gasteiger partial charge is 0.125 e. The van der Waals surface area contributed by atoms with Gasteiger partial charge in [-0.15, -0.1) is 0 Å².